The van der Waals surface area contributed by atoms with Crippen LogP contribution in [0.1, 0.15) is 52.4 Å². The quantitative estimate of drug-likeness (QED) is 0.664. The Balaban J connectivity index is 2.17. The third-order valence-electron chi connectivity index (χ3n) is 3.21. The smallest absolute Gasteiger partial charge is 0.309 e. The summed E-state index contributed by atoms with van der Waals surface area (Å²) in [5.74, 6) is -0.461. The summed E-state index contributed by atoms with van der Waals surface area (Å²) in [6, 6.07) is 0.246. The molecule has 4 heteroatoms. The van der Waals surface area contributed by atoms with Crippen LogP contribution in [0.3, 0.4) is 0 Å². The molecule has 1 rings (SSSR count). The van der Waals surface area contributed by atoms with Gasteiger partial charge < -0.3 is 10.6 Å². The molecule has 1 aliphatic rings. The van der Waals surface area contributed by atoms with Crippen LogP contribution in [0, 0.1) is 5.92 Å². The maximum absolute atomic E-state index is 11.5. The molecule has 1 unspecified atom stereocenters. The number of amides is 2. The molecule has 0 heterocycles. The highest BCUT2D eigenvalue weighted by Crippen LogP contribution is 2.18. The highest BCUT2D eigenvalue weighted by molar-refractivity contribution is 6.35. The van der Waals surface area contributed by atoms with Gasteiger partial charge in [-0.2, -0.15) is 0 Å². The number of hydrogen-bond donors (Lipinski definition) is 2. The maximum atomic E-state index is 11.5. The molecule has 0 spiro atoms. The standard InChI is InChI=1S/C13H24N2O2/c1-3-5-6-10(4-2)9-14-12(16)13(17)15-11-7-8-11/h10-11H,3-9H2,1-2H3,(H,14,16)(H,15,17). The zero-order valence-electron chi connectivity index (χ0n) is 10.9. The van der Waals surface area contributed by atoms with Crippen LogP contribution in [0.4, 0.5) is 0 Å². The molecule has 0 saturated heterocycles. The van der Waals surface area contributed by atoms with E-state index in [1.165, 1.54) is 12.8 Å². The molecule has 98 valence electrons. The molecule has 1 fully saturated rings. The van der Waals surface area contributed by atoms with Gasteiger partial charge in [0.15, 0.2) is 0 Å². The zero-order chi connectivity index (χ0) is 12.7. The van der Waals surface area contributed by atoms with Crippen LogP contribution < -0.4 is 10.6 Å². The fourth-order valence-electron chi connectivity index (χ4n) is 1.74. The Kier molecular flexibility index (Phi) is 6.01. The number of hydrogen-bond acceptors (Lipinski definition) is 2. The zero-order valence-corrected chi connectivity index (χ0v) is 10.9. The van der Waals surface area contributed by atoms with Gasteiger partial charge in [0.2, 0.25) is 0 Å². The Hall–Kier alpha value is -1.06. The Morgan fingerprint density at radius 1 is 1.24 bits per heavy atom. The first-order valence-corrected chi connectivity index (χ1v) is 6.76. The molecule has 4 nitrogen and oxygen atoms in total. The Bertz CT molecular complexity index is 262. The number of rotatable bonds is 7. The Morgan fingerprint density at radius 2 is 1.94 bits per heavy atom. The fraction of sp³-hybridized carbons (Fsp3) is 0.846. The largest absolute Gasteiger partial charge is 0.348 e. The minimum Gasteiger partial charge on any atom is -0.348 e. The third kappa shape index (κ3) is 5.71. The van der Waals surface area contributed by atoms with E-state index >= 15 is 0 Å². The maximum Gasteiger partial charge on any atom is 0.309 e. The number of carbonyl (C=O) groups is 2. The summed E-state index contributed by atoms with van der Waals surface area (Å²) in [5, 5.41) is 5.41. The first kappa shape index (κ1) is 14.0. The van der Waals surface area contributed by atoms with Gasteiger partial charge in [0.1, 0.15) is 0 Å². The van der Waals surface area contributed by atoms with Crippen LogP contribution in [0.15, 0.2) is 0 Å². The summed E-state index contributed by atoms with van der Waals surface area (Å²) in [6.45, 7) is 4.90. The number of nitrogens with one attached hydrogen (secondary N) is 2. The van der Waals surface area contributed by atoms with Gasteiger partial charge in [-0.25, -0.2) is 0 Å². The predicted octanol–water partition coefficient (Wildman–Crippen LogP) is 1.60. The lowest BCUT2D eigenvalue weighted by atomic mass is 9.99. The van der Waals surface area contributed by atoms with E-state index in [0.717, 1.165) is 25.7 Å². The lowest BCUT2D eigenvalue weighted by Gasteiger charge is -2.14. The summed E-state index contributed by atoms with van der Waals surface area (Å²) in [7, 11) is 0. The van der Waals surface area contributed by atoms with Crippen molar-refractivity contribution in [2.75, 3.05) is 6.54 Å². The third-order valence-corrected chi connectivity index (χ3v) is 3.21. The number of carbonyl (C=O) groups excluding carboxylic acids is 2. The second kappa shape index (κ2) is 7.30. The molecular weight excluding hydrogens is 216 g/mol. The lowest BCUT2D eigenvalue weighted by Crippen LogP contribution is -2.42. The van der Waals surface area contributed by atoms with E-state index in [2.05, 4.69) is 24.5 Å². The SMILES string of the molecule is CCCCC(CC)CNC(=O)C(=O)NC1CC1. The molecule has 2 amide bonds. The number of unbranched alkanes of at least 4 members (excludes halogenated alkanes) is 1. The molecule has 0 aliphatic heterocycles. The molecule has 0 aromatic heterocycles. The summed E-state index contributed by atoms with van der Waals surface area (Å²) in [6.07, 6.45) is 6.54. The van der Waals surface area contributed by atoms with Crippen molar-refractivity contribution in [3.8, 4) is 0 Å². The molecule has 1 atom stereocenters. The summed E-state index contributed by atoms with van der Waals surface area (Å²) in [5.41, 5.74) is 0. The van der Waals surface area contributed by atoms with Crippen molar-refractivity contribution in [1.29, 1.82) is 0 Å². The molecule has 0 radical (unpaired) electrons. The van der Waals surface area contributed by atoms with Crippen molar-refractivity contribution in [2.45, 2.75) is 58.4 Å². The van der Waals surface area contributed by atoms with E-state index < -0.39 is 11.8 Å². The molecule has 17 heavy (non-hydrogen) atoms. The van der Waals surface area contributed by atoms with Crippen molar-refractivity contribution in [3.05, 3.63) is 0 Å². The first-order valence-electron chi connectivity index (χ1n) is 6.76. The van der Waals surface area contributed by atoms with Crippen LogP contribution in [0.2, 0.25) is 0 Å². The van der Waals surface area contributed by atoms with Gasteiger partial charge in [-0.1, -0.05) is 33.1 Å². The highest BCUT2D eigenvalue weighted by atomic mass is 16.2. The second-order valence-corrected chi connectivity index (χ2v) is 4.87. The van der Waals surface area contributed by atoms with Crippen molar-refractivity contribution in [1.82, 2.24) is 10.6 Å². The van der Waals surface area contributed by atoms with Gasteiger partial charge in [-0.3, -0.25) is 9.59 Å². The van der Waals surface area contributed by atoms with Crippen molar-refractivity contribution in [2.24, 2.45) is 5.92 Å². The van der Waals surface area contributed by atoms with Gasteiger partial charge in [0.25, 0.3) is 0 Å². The normalized spacial score (nSPS) is 16.4. The van der Waals surface area contributed by atoms with E-state index in [9.17, 15) is 9.59 Å². The molecule has 2 N–H and O–H groups in total. The van der Waals surface area contributed by atoms with E-state index in [-0.39, 0.29) is 6.04 Å². The average molecular weight is 240 g/mol. The fourth-order valence-corrected chi connectivity index (χ4v) is 1.74. The minimum absolute atomic E-state index is 0.246. The van der Waals surface area contributed by atoms with Crippen molar-refractivity contribution in [3.63, 3.8) is 0 Å². The molecule has 0 bridgehead atoms. The van der Waals surface area contributed by atoms with Gasteiger partial charge in [-0.05, 0) is 25.2 Å². The van der Waals surface area contributed by atoms with Crippen LogP contribution >= 0.6 is 0 Å². The van der Waals surface area contributed by atoms with E-state index in [1.54, 1.807) is 0 Å². The first-order chi connectivity index (χ1) is 8.17. The predicted molar refractivity (Wildman–Crippen MR) is 67.5 cm³/mol. The lowest BCUT2D eigenvalue weighted by molar-refractivity contribution is -0.139. The minimum atomic E-state index is -0.480. The van der Waals surface area contributed by atoms with E-state index in [4.69, 9.17) is 0 Å². The topological polar surface area (TPSA) is 58.2 Å². The van der Waals surface area contributed by atoms with E-state index in [1.807, 2.05) is 0 Å². The average Bonchev–Trinajstić information content (AvgIpc) is 3.12. The van der Waals surface area contributed by atoms with Crippen molar-refractivity contribution < 1.29 is 9.59 Å². The van der Waals surface area contributed by atoms with Crippen LogP contribution in [0.5, 0.6) is 0 Å². The molecule has 1 aliphatic carbocycles. The van der Waals surface area contributed by atoms with Gasteiger partial charge >= 0.3 is 11.8 Å². The van der Waals surface area contributed by atoms with Gasteiger partial charge in [0, 0.05) is 12.6 Å². The summed E-state index contributed by atoms with van der Waals surface area (Å²) >= 11 is 0. The van der Waals surface area contributed by atoms with Crippen molar-refractivity contribution >= 4 is 11.8 Å². The summed E-state index contributed by atoms with van der Waals surface area (Å²) in [4.78, 5) is 22.9. The highest BCUT2D eigenvalue weighted by Gasteiger charge is 2.26. The van der Waals surface area contributed by atoms with Crippen LogP contribution in [0.25, 0.3) is 0 Å². The van der Waals surface area contributed by atoms with Crippen LogP contribution in [-0.4, -0.2) is 24.4 Å². The van der Waals surface area contributed by atoms with Gasteiger partial charge in [0.05, 0.1) is 0 Å². The van der Waals surface area contributed by atoms with E-state index in [0.29, 0.717) is 12.5 Å². The molecule has 1 saturated carbocycles. The molecule has 0 aromatic rings. The molecule has 0 aromatic carbocycles. The second-order valence-electron chi connectivity index (χ2n) is 4.87. The Labute approximate surface area is 104 Å². The van der Waals surface area contributed by atoms with Crippen LogP contribution in [-0.2, 0) is 9.59 Å². The Morgan fingerprint density at radius 3 is 2.47 bits per heavy atom. The van der Waals surface area contributed by atoms with Gasteiger partial charge in [-0.15, -0.1) is 0 Å². The molecular formula is C13H24N2O2. The monoisotopic (exact) mass is 240 g/mol. The summed E-state index contributed by atoms with van der Waals surface area (Å²) < 4.78 is 0.